The molecule has 0 spiro atoms. The van der Waals surface area contributed by atoms with Gasteiger partial charge in [-0.05, 0) is 51.2 Å². The van der Waals surface area contributed by atoms with Crippen molar-refractivity contribution in [2.45, 2.75) is 45.2 Å². The van der Waals surface area contributed by atoms with E-state index in [2.05, 4.69) is 25.5 Å². The summed E-state index contributed by atoms with van der Waals surface area (Å²) >= 11 is 0. The highest BCUT2D eigenvalue weighted by molar-refractivity contribution is 4.93. The fraction of sp³-hybridized carbons (Fsp3) is 0.833. The first-order valence-electron chi connectivity index (χ1n) is 9.29. The van der Waals surface area contributed by atoms with Crippen molar-refractivity contribution in [1.82, 2.24) is 19.4 Å². The van der Waals surface area contributed by atoms with Gasteiger partial charge in [0, 0.05) is 39.1 Å². The molecule has 1 aromatic rings. The molecule has 0 bridgehead atoms. The Labute approximate surface area is 140 Å². The van der Waals surface area contributed by atoms with Gasteiger partial charge in [-0.3, -0.25) is 4.90 Å². The third-order valence-corrected chi connectivity index (χ3v) is 5.27. The smallest absolute Gasteiger partial charge is 0.122 e. The Balaban J connectivity index is 1.49. The van der Waals surface area contributed by atoms with Gasteiger partial charge in [-0.2, -0.15) is 0 Å². The van der Waals surface area contributed by atoms with E-state index in [1.54, 1.807) is 7.11 Å². The van der Waals surface area contributed by atoms with Crippen LogP contribution in [0.3, 0.4) is 0 Å². The standard InChI is InChI=1S/C18H32N4O/c1-23-13-12-22-11-7-19-18(22)16-21-10-5-6-17(15-21)14-20-8-3-2-4-9-20/h7,11,17H,2-6,8-10,12-16H2,1H3/t17-/m1/s1. The summed E-state index contributed by atoms with van der Waals surface area (Å²) in [7, 11) is 1.76. The third-order valence-electron chi connectivity index (χ3n) is 5.27. The lowest BCUT2D eigenvalue weighted by molar-refractivity contribution is 0.114. The molecule has 0 radical (unpaired) electrons. The SMILES string of the molecule is COCCn1ccnc1CN1CCC[C@H](CN2CCCCC2)C1. The highest BCUT2D eigenvalue weighted by Gasteiger charge is 2.23. The van der Waals surface area contributed by atoms with Gasteiger partial charge in [0.15, 0.2) is 0 Å². The molecule has 0 aromatic carbocycles. The van der Waals surface area contributed by atoms with E-state index in [1.807, 2.05) is 6.20 Å². The molecule has 0 saturated carbocycles. The zero-order valence-electron chi connectivity index (χ0n) is 14.6. The molecule has 2 fully saturated rings. The summed E-state index contributed by atoms with van der Waals surface area (Å²) in [6.07, 6.45) is 10.9. The largest absolute Gasteiger partial charge is 0.383 e. The molecule has 3 heterocycles. The van der Waals surface area contributed by atoms with Crippen molar-refractivity contribution in [2.24, 2.45) is 5.92 Å². The summed E-state index contributed by atoms with van der Waals surface area (Å²) in [6.45, 7) is 9.01. The highest BCUT2D eigenvalue weighted by atomic mass is 16.5. The van der Waals surface area contributed by atoms with Crippen LogP contribution < -0.4 is 0 Å². The number of rotatable bonds is 7. The number of methoxy groups -OCH3 is 1. The van der Waals surface area contributed by atoms with Crippen LogP contribution in [0.5, 0.6) is 0 Å². The van der Waals surface area contributed by atoms with Gasteiger partial charge in [0.25, 0.3) is 0 Å². The summed E-state index contributed by atoms with van der Waals surface area (Å²) in [4.78, 5) is 9.85. The molecule has 2 aliphatic heterocycles. The lowest BCUT2D eigenvalue weighted by Gasteiger charge is -2.36. The first-order valence-corrected chi connectivity index (χ1v) is 9.29. The Morgan fingerprint density at radius 2 is 1.96 bits per heavy atom. The van der Waals surface area contributed by atoms with E-state index in [1.165, 1.54) is 70.7 Å². The Hall–Kier alpha value is -0.910. The predicted octanol–water partition coefficient (Wildman–Crippen LogP) is 2.23. The van der Waals surface area contributed by atoms with E-state index in [4.69, 9.17) is 4.74 Å². The van der Waals surface area contributed by atoms with Gasteiger partial charge in [-0.1, -0.05) is 6.42 Å². The molecule has 23 heavy (non-hydrogen) atoms. The van der Waals surface area contributed by atoms with Gasteiger partial charge in [0.05, 0.1) is 13.2 Å². The number of hydrogen-bond donors (Lipinski definition) is 0. The minimum atomic E-state index is 0.751. The lowest BCUT2D eigenvalue weighted by Crippen LogP contribution is -2.42. The van der Waals surface area contributed by atoms with Gasteiger partial charge in [-0.15, -0.1) is 0 Å². The van der Waals surface area contributed by atoms with E-state index < -0.39 is 0 Å². The molecule has 0 unspecified atom stereocenters. The first kappa shape index (κ1) is 16.9. The normalized spacial score (nSPS) is 24.1. The van der Waals surface area contributed by atoms with Gasteiger partial charge < -0.3 is 14.2 Å². The molecule has 1 aromatic heterocycles. The van der Waals surface area contributed by atoms with Crippen molar-refractivity contribution in [1.29, 1.82) is 0 Å². The molecular formula is C18H32N4O. The fourth-order valence-corrected chi connectivity index (χ4v) is 4.04. The van der Waals surface area contributed by atoms with Crippen molar-refractivity contribution in [2.75, 3.05) is 46.4 Å². The second-order valence-electron chi connectivity index (χ2n) is 7.13. The number of nitrogens with zero attached hydrogens (tertiary/aromatic N) is 4. The molecular weight excluding hydrogens is 288 g/mol. The van der Waals surface area contributed by atoms with Crippen LogP contribution in [-0.4, -0.2) is 65.8 Å². The molecule has 2 saturated heterocycles. The van der Waals surface area contributed by atoms with E-state index in [9.17, 15) is 0 Å². The van der Waals surface area contributed by atoms with Crippen LogP contribution in [-0.2, 0) is 17.8 Å². The molecule has 2 aliphatic rings. The molecule has 0 aliphatic carbocycles. The summed E-state index contributed by atoms with van der Waals surface area (Å²) in [6, 6.07) is 0. The highest BCUT2D eigenvalue weighted by Crippen LogP contribution is 2.21. The second-order valence-corrected chi connectivity index (χ2v) is 7.13. The molecule has 0 N–H and O–H groups in total. The monoisotopic (exact) mass is 320 g/mol. The summed E-state index contributed by atoms with van der Waals surface area (Å²) < 4.78 is 7.43. The van der Waals surface area contributed by atoms with Gasteiger partial charge in [-0.25, -0.2) is 4.98 Å². The van der Waals surface area contributed by atoms with Gasteiger partial charge in [0.1, 0.15) is 5.82 Å². The quantitative estimate of drug-likeness (QED) is 0.771. The van der Waals surface area contributed by atoms with Crippen molar-refractivity contribution >= 4 is 0 Å². The fourth-order valence-electron chi connectivity index (χ4n) is 4.04. The van der Waals surface area contributed by atoms with Crippen LogP contribution in [0, 0.1) is 5.92 Å². The zero-order chi connectivity index (χ0) is 15.9. The molecule has 5 heteroatoms. The Morgan fingerprint density at radius 3 is 2.78 bits per heavy atom. The Kier molecular flexibility index (Phi) is 6.48. The van der Waals surface area contributed by atoms with Crippen LogP contribution in [0.15, 0.2) is 12.4 Å². The maximum absolute atomic E-state index is 5.19. The van der Waals surface area contributed by atoms with Crippen molar-refractivity contribution in [3.8, 4) is 0 Å². The minimum absolute atomic E-state index is 0.751. The van der Waals surface area contributed by atoms with E-state index >= 15 is 0 Å². The molecule has 0 amide bonds. The van der Waals surface area contributed by atoms with Crippen LogP contribution in [0.2, 0.25) is 0 Å². The topological polar surface area (TPSA) is 33.5 Å². The predicted molar refractivity (Wildman–Crippen MR) is 92.4 cm³/mol. The lowest BCUT2D eigenvalue weighted by atomic mass is 9.96. The third kappa shape index (κ3) is 5.03. The number of likely N-dealkylation sites (tertiary alicyclic amines) is 2. The molecule has 1 atom stereocenters. The average Bonchev–Trinajstić information content (AvgIpc) is 3.01. The number of aromatic nitrogens is 2. The zero-order valence-corrected chi connectivity index (χ0v) is 14.6. The van der Waals surface area contributed by atoms with Crippen molar-refractivity contribution in [3.05, 3.63) is 18.2 Å². The van der Waals surface area contributed by atoms with Crippen LogP contribution >= 0.6 is 0 Å². The van der Waals surface area contributed by atoms with E-state index in [0.717, 1.165) is 25.6 Å². The van der Waals surface area contributed by atoms with Crippen molar-refractivity contribution in [3.63, 3.8) is 0 Å². The minimum Gasteiger partial charge on any atom is -0.383 e. The Bertz CT molecular complexity index is 456. The van der Waals surface area contributed by atoms with Gasteiger partial charge in [0.2, 0.25) is 0 Å². The maximum Gasteiger partial charge on any atom is 0.122 e. The summed E-state index contributed by atoms with van der Waals surface area (Å²) in [5, 5.41) is 0. The molecule has 130 valence electrons. The van der Waals surface area contributed by atoms with Crippen LogP contribution in [0.25, 0.3) is 0 Å². The summed E-state index contributed by atoms with van der Waals surface area (Å²) in [5.41, 5.74) is 0. The maximum atomic E-state index is 5.19. The number of imidazole rings is 1. The number of ether oxygens (including phenoxy) is 1. The number of piperidine rings is 2. The summed E-state index contributed by atoms with van der Waals surface area (Å²) in [5.74, 6) is 2.02. The van der Waals surface area contributed by atoms with E-state index in [-0.39, 0.29) is 0 Å². The number of hydrogen-bond acceptors (Lipinski definition) is 4. The van der Waals surface area contributed by atoms with E-state index in [0.29, 0.717) is 0 Å². The second kappa shape index (κ2) is 8.81. The molecule has 5 nitrogen and oxygen atoms in total. The van der Waals surface area contributed by atoms with Gasteiger partial charge >= 0.3 is 0 Å². The average molecular weight is 320 g/mol. The molecule has 3 rings (SSSR count). The van der Waals surface area contributed by atoms with Crippen molar-refractivity contribution < 1.29 is 4.74 Å². The van der Waals surface area contributed by atoms with Crippen LogP contribution in [0.1, 0.15) is 37.9 Å². The van der Waals surface area contributed by atoms with Crippen LogP contribution in [0.4, 0.5) is 0 Å². The first-order chi connectivity index (χ1) is 11.3. The Morgan fingerprint density at radius 1 is 1.13 bits per heavy atom.